The van der Waals surface area contributed by atoms with Crippen LogP contribution in [-0.4, -0.2) is 52.1 Å². The van der Waals surface area contributed by atoms with Gasteiger partial charge < -0.3 is 20.9 Å². The first-order chi connectivity index (χ1) is 9.06. The first-order valence-corrected chi connectivity index (χ1v) is 7.13. The van der Waals surface area contributed by atoms with Gasteiger partial charge in [0, 0.05) is 12.7 Å². The van der Waals surface area contributed by atoms with Gasteiger partial charge in [-0.25, -0.2) is 4.79 Å². The molecule has 0 aromatic heterocycles. The lowest BCUT2D eigenvalue weighted by Crippen LogP contribution is -2.45. The van der Waals surface area contributed by atoms with Crippen LogP contribution < -0.4 is 11.1 Å². The molecule has 0 saturated heterocycles. The summed E-state index contributed by atoms with van der Waals surface area (Å²) in [6.45, 7) is 5.98. The maximum absolute atomic E-state index is 11.9. The summed E-state index contributed by atoms with van der Waals surface area (Å²) >= 11 is 0.994. The Morgan fingerprint density at radius 1 is 1.35 bits per heavy atom. The van der Waals surface area contributed by atoms with Crippen molar-refractivity contribution in [1.82, 2.24) is 5.32 Å². The molecular formula is C12H22N2O5S. The second-order valence-corrected chi connectivity index (χ2v) is 6.43. The smallest absolute Gasteiger partial charge is 0.330 e. The second kappa shape index (κ2) is 8.11. The standard InChI is InChI=1S/C12H22N2O5S/c1-7(16)14-8(11(18)19-12(2,3)4)6-20-9(5-15)10(13)17/h8-9,15H,5-6H2,1-4H3,(H2,13,17)(H,14,16). The monoisotopic (exact) mass is 306 g/mol. The molecule has 8 heteroatoms. The van der Waals surface area contributed by atoms with Crippen molar-refractivity contribution in [2.75, 3.05) is 12.4 Å². The van der Waals surface area contributed by atoms with E-state index >= 15 is 0 Å². The van der Waals surface area contributed by atoms with Crippen LogP contribution in [0.4, 0.5) is 0 Å². The predicted octanol–water partition coefficient (Wildman–Crippen LogP) is -0.588. The Hall–Kier alpha value is -1.28. The molecule has 0 heterocycles. The summed E-state index contributed by atoms with van der Waals surface area (Å²) in [7, 11) is 0. The summed E-state index contributed by atoms with van der Waals surface area (Å²) in [5, 5.41) is 10.6. The number of hydrogen-bond donors (Lipinski definition) is 3. The van der Waals surface area contributed by atoms with Crippen molar-refractivity contribution in [1.29, 1.82) is 0 Å². The average molecular weight is 306 g/mol. The fourth-order valence-corrected chi connectivity index (χ4v) is 2.14. The first kappa shape index (κ1) is 18.7. The zero-order valence-corrected chi connectivity index (χ0v) is 13.0. The zero-order chi connectivity index (χ0) is 15.9. The molecular weight excluding hydrogens is 284 g/mol. The number of rotatable bonds is 7. The predicted molar refractivity (Wildman–Crippen MR) is 76.0 cm³/mol. The quantitative estimate of drug-likeness (QED) is 0.541. The second-order valence-electron chi connectivity index (χ2n) is 5.19. The Bertz CT molecular complexity index is 367. The number of ether oxygens (including phenoxy) is 1. The van der Waals surface area contributed by atoms with Gasteiger partial charge in [-0.3, -0.25) is 9.59 Å². The van der Waals surface area contributed by atoms with Crippen LogP contribution in [0.15, 0.2) is 0 Å². The topological polar surface area (TPSA) is 119 Å². The lowest BCUT2D eigenvalue weighted by Gasteiger charge is -2.24. The molecule has 2 atom stereocenters. The summed E-state index contributed by atoms with van der Waals surface area (Å²) in [6.07, 6.45) is 0. The van der Waals surface area contributed by atoms with Crippen LogP contribution in [-0.2, 0) is 19.1 Å². The van der Waals surface area contributed by atoms with Crippen LogP contribution in [0.1, 0.15) is 27.7 Å². The largest absolute Gasteiger partial charge is 0.458 e. The van der Waals surface area contributed by atoms with Gasteiger partial charge in [0.2, 0.25) is 11.8 Å². The SMILES string of the molecule is CC(=O)NC(CSC(CO)C(N)=O)C(=O)OC(C)(C)C. The molecule has 2 amide bonds. The maximum Gasteiger partial charge on any atom is 0.330 e. The summed E-state index contributed by atoms with van der Waals surface area (Å²) in [5.74, 6) is -1.58. The Labute approximate surface area is 122 Å². The molecule has 0 aliphatic rings. The maximum atomic E-state index is 11.9. The van der Waals surface area contributed by atoms with Gasteiger partial charge in [-0.1, -0.05) is 0 Å². The average Bonchev–Trinajstić information content (AvgIpc) is 2.24. The van der Waals surface area contributed by atoms with Gasteiger partial charge >= 0.3 is 5.97 Å². The van der Waals surface area contributed by atoms with E-state index < -0.39 is 35.4 Å². The molecule has 0 aliphatic carbocycles. The Kier molecular flexibility index (Phi) is 7.59. The molecule has 0 aliphatic heterocycles. The van der Waals surface area contributed by atoms with E-state index in [4.69, 9.17) is 15.6 Å². The summed E-state index contributed by atoms with van der Waals surface area (Å²) in [4.78, 5) is 34.0. The summed E-state index contributed by atoms with van der Waals surface area (Å²) in [6, 6.07) is -0.898. The van der Waals surface area contributed by atoms with Crippen LogP contribution in [0.2, 0.25) is 0 Å². The lowest BCUT2D eigenvalue weighted by atomic mass is 10.2. The number of thioether (sulfide) groups is 1. The van der Waals surface area contributed by atoms with E-state index in [1.54, 1.807) is 20.8 Å². The molecule has 0 aromatic rings. The van der Waals surface area contributed by atoms with Crippen molar-refractivity contribution in [2.24, 2.45) is 5.73 Å². The number of carbonyl (C=O) groups is 3. The number of nitrogens with two attached hydrogens (primary N) is 1. The molecule has 0 saturated carbocycles. The third-order valence-electron chi connectivity index (χ3n) is 2.02. The van der Waals surface area contributed by atoms with Crippen LogP contribution >= 0.6 is 11.8 Å². The van der Waals surface area contributed by atoms with Crippen molar-refractivity contribution >= 4 is 29.5 Å². The highest BCUT2D eigenvalue weighted by molar-refractivity contribution is 8.00. The zero-order valence-electron chi connectivity index (χ0n) is 12.1. The van der Waals surface area contributed by atoms with Crippen LogP contribution in [0, 0.1) is 0 Å². The fraction of sp³-hybridized carbons (Fsp3) is 0.750. The van der Waals surface area contributed by atoms with E-state index in [1.165, 1.54) is 6.92 Å². The third kappa shape index (κ3) is 8.00. The highest BCUT2D eigenvalue weighted by Gasteiger charge is 2.27. The normalized spacial score (nSPS) is 14.2. The van der Waals surface area contributed by atoms with Gasteiger partial charge in [-0.2, -0.15) is 0 Å². The molecule has 0 fully saturated rings. The van der Waals surface area contributed by atoms with E-state index in [9.17, 15) is 14.4 Å². The van der Waals surface area contributed by atoms with Gasteiger partial charge in [-0.05, 0) is 20.8 Å². The van der Waals surface area contributed by atoms with Crippen molar-refractivity contribution in [2.45, 2.75) is 44.6 Å². The molecule has 0 radical (unpaired) electrons. The first-order valence-electron chi connectivity index (χ1n) is 6.08. The highest BCUT2D eigenvalue weighted by atomic mass is 32.2. The van der Waals surface area contributed by atoms with Crippen LogP contribution in [0.5, 0.6) is 0 Å². The Balaban J connectivity index is 4.68. The van der Waals surface area contributed by atoms with E-state index in [0.717, 1.165) is 11.8 Å². The van der Waals surface area contributed by atoms with Crippen molar-refractivity contribution in [3.63, 3.8) is 0 Å². The molecule has 4 N–H and O–H groups in total. The minimum absolute atomic E-state index is 0.0860. The Morgan fingerprint density at radius 3 is 2.25 bits per heavy atom. The van der Waals surface area contributed by atoms with Gasteiger partial charge in [0.05, 0.1) is 6.61 Å². The van der Waals surface area contributed by atoms with Gasteiger partial charge in [0.25, 0.3) is 0 Å². The van der Waals surface area contributed by atoms with E-state index in [-0.39, 0.29) is 11.7 Å². The minimum atomic E-state index is -0.898. The lowest BCUT2D eigenvalue weighted by molar-refractivity contribution is -0.157. The highest BCUT2D eigenvalue weighted by Crippen LogP contribution is 2.15. The molecule has 2 unspecified atom stereocenters. The number of hydrogen-bond acceptors (Lipinski definition) is 6. The summed E-state index contributed by atoms with van der Waals surface area (Å²) < 4.78 is 5.18. The fourth-order valence-electron chi connectivity index (χ4n) is 1.22. The van der Waals surface area contributed by atoms with Crippen molar-refractivity contribution < 1.29 is 24.2 Å². The van der Waals surface area contributed by atoms with Gasteiger partial charge in [-0.15, -0.1) is 11.8 Å². The molecule has 0 rings (SSSR count). The number of nitrogens with one attached hydrogen (secondary N) is 1. The molecule has 0 bridgehead atoms. The molecule has 20 heavy (non-hydrogen) atoms. The number of aliphatic hydroxyl groups is 1. The van der Waals surface area contributed by atoms with Crippen LogP contribution in [0.3, 0.4) is 0 Å². The van der Waals surface area contributed by atoms with Crippen molar-refractivity contribution in [3.05, 3.63) is 0 Å². The minimum Gasteiger partial charge on any atom is -0.458 e. The number of amides is 2. The molecule has 7 nitrogen and oxygen atoms in total. The van der Waals surface area contributed by atoms with E-state index in [2.05, 4.69) is 5.32 Å². The van der Waals surface area contributed by atoms with Gasteiger partial charge in [0.15, 0.2) is 0 Å². The number of primary amides is 1. The summed E-state index contributed by atoms with van der Waals surface area (Å²) in [5.41, 5.74) is 4.41. The Morgan fingerprint density at radius 2 is 1.90 bits per heavy atom. The number of esters is 1. The molecule has 116 valence electrons. The van der Waals surface area contributed by atoms with E-state index in [1.807, 2.05) is 0 Å². The van der Waals surface area contributed by atoms with E-state index in [0.29, 0.717) is 0 Å². The number of carbonyl (C=O) groups excluding carboxylic acids is 3. The third-order valence-corrected chi connectivity index (χ3v) is 3.33. The van der Waals surface area contributed by atoms with Crippen molar-refractivity contribution in [3.8, 4) is 0 Å². The molecule has 0 spiro atoms. The number of aliphatic hydroxyl groups excluding tert-OH is 1. The van der Waals surface area contributed by atoms with Crippen LogP contribution in [0.25, 0.3) is 0 Å². The molecule has 0 aromatic carbocycles. The van der Waals surface area contributed by atoms with Gasteiger partial charge in [0.1, 0.15) is 16.9 Å².